The topological polar surface area (TPSA) is 48.5 Å². The molecule has 0 saturated heterocycles. The fraction of sp³-hybridized carbons (Fsp3) is 0.0217. The van der Waals surface area contributed by atoms with Crippen LogP contribution in [0, 0.1) is 6.92 Å². The summed E-state index contributed by atoms with van der Waals surface area (Å²) in [5.41, 5.74) is 8.51. The molecular weight excluding hydrogens is 731 g/mol. The molecule has 0 aliphatic heterocycles. The van der Waals surface area contributed by atoms with E-state index in [0.717, 1.165) is 49.8 Å². The molecule has 20 radical (unpaired) electrons. The first-order valence-corrected chi connectivity index (χ1v) is 19.3. The first-order chi connectivity index (χ1) is 29.3. The first-order valence-electron chi connectivity index (χ1n) is 19.3. The lowest BCUT2D eigenvalue weighted by Gasteiger charge is -2.23. The molecule has 0 bridgehead atoms. The highest BCUT2D eigenvalue weighted by molar-refractivity contribution is 6.70. The van der Waals surface area contributed by atoms with Crippen LogP contribution >= 0.6 is 0 Å². The molecule has 0 N–H and O–H groups in total. The van der Waals surface area contributed by atoms with Crippen LogP contribution in [0.5, 0.6) is 0 Å². The van der Waals surface area contributed by atoms with Crippen molar-refractivity contribution in [3.63, 3.8) is 0 Å². The molecule has 7 aromatic carbocycles. The summed E-state index contributed by atoms with van der Waals surface area (Å²) < 4.78 is 4.62. The van der Waals surface area contributed by atoms with Crippen LogP contribution in [0.25, 0.3) is 89.2 Å². The largest absolute Gasteiger partial charge is 0.309 e. The van der Waals surface area contributed by atoms with Gasteiger partial charge in [-0.25, -0.2) is 15.0 Å². The summed E-state index contributed by atoms with van der Waals surface area (Å²) >= 11 is 0. The summed E-state index contributed by atoms with van der Waals surface area (Å²) in [4.78, 5) is 14.5. The smallest absolute Gasteiger partial charge is 0.164 e. The van der Waals surface area contributed by atoms with E-state index in [2.05, 4.69) is 94.1 Å². The Morgan fingerprint density at radius 2 is 0.787 bits per heavy atom. The van der Waals surface area contributed by atoms with Gasteiger partial charge in [0.05, 0.1) is 22.1 Å². The molecule has 5 nitrogen and oxygen atoms in total. The van der Waals surface area contributed by atoms with Gasteiger partial charge in [0.25, 0.3) is 0 Å². The van der Waals surface area contributed by atoms with E-state index in [0.29, 0.717) is 5.56 Å². The van der Waals surface area contributed by atoms with Gasteiger partial charge in [-0.15, -0.1) is 32.8 Å². The molecule has 3 heterocycles. The maximum Gasteiger partial charge on any atom is 0.164 e. The van der Waals surface area contributed by atoms with Crippen molar-refractivity contribution >= 4 is 177 Å². The highest BCUT2D eigenvalue weighted by Crippen LogP contribution is 2.40. The van der Waals surface area contributed by atoms with E-state index in [1.807, 2.05) is 31.2 Å². The minimum absolute atomic E-state index is 0.0259. The Morgan fingerprint density at radius 1 is 0.361 bits per heavy atom. The molecule has 10 aromatic rings. The molecule has 0 saturated carbocycles. The maximum atomic E-state index is 6.53. The molecule has 61 heavy (non-hydrogen) atoms. The van der Waals surface area contributed by atoms with Crippen molar-refractivity contribution in [3.05, 3.63) is 115 Å². The van der Waals surface area contributed by atoms with Crippen LogP contribution in [0.1, 0.15) is 5.56 Å². The summed E-state index contributed by atoms with van der Waals surface area (Å²) in [6, 6.07) is 37.9. The second kappa shape index (κ2) is 14.5. The van der Waals surface area contributed by atoms with E-state index >= 15 is 0 Å². The van der Waals surface area contributed by atoms with Crippen LogP contribution in [0.4, 0.5) is 0 Å². The summed E-state index contributed by atoms with van der Waals surface area (Å²) in [5, 5.41) is 4.60. The summed E-state index contributed by atoms with van der Waals surface area (Å²) in [5.74, 6) is 0.290. The highest BCUT2D eigenvalue weighted by atomic mass is 15.0. The van der Waals surface area contributed by atoms with Gasteiger partial charge in [-0.1, -0.05) is 76.4 Å². The third-order valence-electron chi connectivity index (χ3n) is 11.7. The van der Waals surface area contributed by atoms with E-state index in [4.69, 9.17) is 93.4 Å². The standard InChI is InChI=1S/C46H21B10N5/c1-20-17-21(44-57-45(32-34(47)38(51)42(55)39(52)35(32)48)59-46(58-44)33-36(49)40(53)43(56)41(54)37(33)50)15-16-27(20)61-29-14-8-6-12-24(29)26-18-25-23-11-5-7-13-28(23)60(30(25)19-31(26)61)22-9-3-2-4-10-22/h2-19H,1H3. The predicted octanol–water partition coefficient (Wildman–Crippen LogP) is -0.687. The van der Waals surface area contributed by atoms with Crippen molar-refractivity contribution in [3.8, 4) is 45.5 Å². The molecule has 0 atom stereocenters. The number of aryl methyl sites for hydroxylation is 1. The van der Waals surface area contributed by atoms with Crippen LogP contribution in [0.15, 0.2) is 109 Å². The van der Waals surface area contributed by atoms with Gasteiger partial charge < -0.3 is 9.13 Å². The molecule has 10 rings (SSSR count). The van der Waals surface area contributed by atoms with Crippen LogP contribution in [0.3, 0.4) is 0 Å². The van der Waals surface area contributed by atoms with Crippen LogP contribution in [-0.4, -0.2) is 103 Å². The van der Waals surface area contributed by atoms with E-state index in [-0.39, 0.29) is 83.2 Å². The quantitative estimate of drug-likeness (QED) is 0.219. The average molecular weight is 752 g/mol. The van der Waals surface area contributed by atoms with Gasteiger partial charge in [0.2, 0.25) is 0 Å². The lowest BCUT2D eigenvalue weighted by molar-refractivity contribution is 1.08. The minimum atomic E-state index is 0.0259. The zero-order valence-electron chi connectivity index (χ0n) is 32.9. The van der Waals surface area contributed by atoms with Crippen molar-refractivity contribution in [2.75, 3.05) is 0 Å². The predicted molar refractivity (Wildman–Crippen MR) is 263 cm³/mol. The first kappa shape index (κ1) is 39.0. The number of aromatic nitrogens is 5. The number of hydrogen-bond donors (Lipinski definition) is 0. The number of para-hydroxylation sites is 3. The summed E-state index contributed by atoms with van der Waals surface area (Å²) in [6.07, 6.45) is 0. The minimum Gasteiger partial charge on any atom is -0.309 e. The molecule has 15 heteroatoms. The molecule has 0 unspecified atom stereocenters. The molecule has 0 spiro atoms. The Labute approximate surface area is 366 Å². The Kier molecular flexibility index (Phi) is 9.25. The number of fused-ring (bicyclic) bond motifs is 6. The van der Waals surface area contributed by atoms with Crippen LogP contribution in [0.2, 0.25) is 0 Å². The van der Waals surface area contributed by atoms with Gasteiger partial charge in [0.15, 0.2) is 17.5 Å². The average Bonchev–Trinajstić information content (AvgIpc) is 3.77. The highest BCUT2D eigenvalue weighted by Gasteiger charge is 2.23. The lowest BCUT2D eigenvalue weighted by atomic mass is 9.60. The fourth-order valence-electron chi connectivity index (χ4n) is 8.50. The van der Waals surface area contributed by atoms with Gasteiger partial charge in [-0.05, 0) is 67.1 Å². The van der Waals surface area contributed by atoms with Gasteiger partial charge in [-0.2, -0.15) is 0 Å². The molecular formula is C46H21B10N5. The Hall–Kier alpha value is -6.20. The van der Waals surface area contributed by atoms with E-state index in [1.54, 1.807) is 0 Å². The molecule has 0 amide bonds. The third-order valence-corrected chi connectivity index (χ3v) is 11.7. The van der Waals surface area contributed by atoms with Crippen molar-refractivity contribution < 1.29 is 0 Å². The zero-order valence-corrected chi connectivity index (χ0v) is 32.9. The summed E-state index contributed by atoms with van der Waals surface area (Å²) in [6.45, 7) is 2.04. The SMILES string of the molecule is [B]c1c([B])c([B])c(-c2nc(-c3ccc(-n4c5ccccc5c5cc6c7ccccc7n(-c7ccccc7)c6cc54)c(C)c3)nc(-c3c([B])c([B])c([B])c([B])c3[B])n2)c([B])c1[B]. The summed E-state index contributed by atoms with van der Waals surface area (Å²) in [7, 11) is 63.6. The maximum absolute atomic E-state index is 6.53. The van der Waals surface area contributed by atoms with E-state index < -0.39 is 0 Å². The fourth-order valence-corrected chi connectivity index (χ4v) is 8.50. The molecule has 3 aromatic heterocycles. The molecule has 0 aliphatic carbocycles. The Balaban J connectivity index is 1.21. The van der Waals surface area contributed by atoms with Crippen LogP contribution in [-0.2, 0) is 0 Å². The Bertz CT molecular complexity index is 3360. The van der Waals surface area contributed by atoms with Crippen molar-refractivity contribution in [1.29, 1.82) is 0 Å². The number of hydrogen-bond acceptors (Lipinski definition) is 3. The zero-order chi connectivity index (χ0) is 42.6. The third kappa shape index (κ3) is 5.87. The second-order valence-corrected chi connectivity index (χ2v) is 15.1. The number of rotatable bonds is 5. The van der Waals surface area contributed by atoms with Gasteiger partial charge in [-0.3, -0.25) is 0 Å². The second-order valence-electron chi connectivity index (χ2n) is 15.1. The number of benzene rings is 7. The van der Waals surface area contributed by atoms with Crippen LogP contribution < -0.4 is 54.6 Å². The van der Waals surface area contributed by atoms with Crippen molar-refractivity contribution in [2.24, 2.45) is 0 Å². The normalized spacial score (nSPS) is 11.7. The lowest BCUT2D eigenvalue weighted by Crippen LogP contribution is -2.55. The van der Waals surface area contributed by atoms with E-state index in [9.17, 15) is 0 Å². The molecule has 0 aliphatic rings. The van der Waals surface area contributed by atoms with E-state index in [1.165, 1.54) is 10.8 Å². The molecule has 0 fully saturated rings. The monoisotopic (exact) mass is 753 g/mol. The van der Waals surface area contributed by atoms with Gasteiger partial charge in [0.1, 0.15) is 78.5 Å². The van der Waals surface area contributed by atoms with Crippen molar-refractivity contribution in [2.45, 2.75) is 6.92 Å². The Morgan fingerprint density at radius 3 is 1.30 bits per heavy atom. The van der Waals surface area contributed by atoms with Crippen molar-refractivity contribution in [1.82, 2.24) is 24.1 Å². The number of nitrogens with zero attached hydrogens (tertiary/aromatic N) is 5. The molecule has 260 valence electrons. The van der Waals surface area contributed by atoms with Gasteiger partial charge >= 0.3 is 0 Å². The van der Waals surface area contributed by atoms with Gasteiger partial charge in [0, 0.05) is 49.6 Å².